The zero-order valence-electron chi connectivity index (χ0n) is 7.79. The predicted octanol–water partition coefficient (Wildman–Crippen LogP) is 0.514. The quantitative estimate of drug-likeness (QED) is 0.799. The summed E-state index contributed by atoms with van der Waals surface area (Å²) < 4.78 is 5.55. The van der Waals surface area contributed by atoms with Crippen LogP contribution in [0.25, 0.3) is 0 Å². The van der Waals surface area contributed by atoms with Gasteiger partial charge in [0.1, 0.15) is 0 Å². The minimum Gasteiger partial charge on any atom is -0.323 e. The average Bonchev–Trinajstić information content (AvgIpc) is 2.75. The van der Waals surface area contributed by atoms with E-state index in [9.17, 15) is 0 Å². The van der Waals surface area contributed by atoms with Crippen molar-refractivity contribution < 1.29 is 0 Å². The largest absolute Gasteiger partial charge is 0.323 e. The van der Waals surface area contributed by atoms with Crippen LogP contribution in [-0.4, -0.2) is 19.4 Å². The monoisotopic (exact) mass is 209 g/mol. The number of aryl methyl sites for hydroxylation is 1. The average molecular weight is 209 g/mol. The van der Waals surface area contributed by atoms with Gasteiger partial charge >= 0.3 is 0 Å². The molecule has 0 aliphatic rings. The molecule has 0 radical (unpaired) electrons. The molecule has 74 valence electrons. The van der Waals surface area contributed by atoms with Crippen molar-refractivity contribution in [1.82, 2.24) is 19.4 Å². The van der Waals surface area contributed by atoms with Gasteiger partial charge in [-0.05, 0) is 23.5 Å². The van der Waals surface area contributed by atoms with Crippen LogP contribution in [0.5, 0.6) is 0 Å². The highest BCUT2D eigenvalue weighted by Crippen LogP contribution is 2.17. The molecule has 2 aromatic heterocycles. The Kier molecular flexibility index (Phi) is 2.55. The SMILES string of the molecule is Cn1cc(CC(N)c2cnns2)cn1. The highest BCUT2D eigenvalue weighted by atomic mass is 32.1. The molecule has 0 saturated heterocycles. The molecular weight excluding hydrogens is 198 g/mol. The number of aromatic nitrogens is 4. The van der Waals surface area contributed by atoms with Gasteiger partial charge in [-0.3, -0.25) is 4.68 Å². The van der Waals surface area contributed by atoms with Crippen molar-refractivity contribution in [3.05, 3.63) is 29.0 Å². The lowest BCUT2D eigenvalue weighted by Crippen LogP contribution is -2.11. The Morgan fingerprint density at radius 3 is 3.00 bits per heavy atom. The molecule has 2 N–H and O–H groups in total. The Morgan fingerprint density at radius 1 is 1.57 bits per heavy atom. The highest BCUT2D eigenvalue weighted by molar-refractivity contribution is 7.05. The molecule has 0 fully saturated rings. The van der Waals surface area contributed by atoms with E-state index in [-0.39, 0.29) is 6.04 Å². The summed E-state index contributed by atoms with van der Waals surface area (Å²) in [4.78, 5) is 1.01. The lowest BCUT2D eigenvalue weighted by molar-refractivity contribution is 0.730. The van der Waals surface area contributed by atoms with E-state index < -0.39 is 0 Å². The van der Waals surface area contributed by atoms with Crippen LogP contribution in [0.1, 0.15) is 16.5 Å². The maximum Gasteiger partial charge on any atom is 0.0669 e. The number of hydrogen-bond donors (Lipinski definition) is 1. The first kappa shape index (κ1) is 9.29. The van der Waals surface area contributed by atoms with Crippen LogP contribution in [0, 0.1) is 0 Å². The van der Waals surface area contributed by atoms with Gasteiger partial charge in [-0.2, -0.15) is 5.10 Å². The highest BCUT2D eigenvalue weighted by Gasteiger charge is 2.10. The summed E-state index contributed by atoms with van der Waals surface area (Å²) in [6, 6.07) is -0.0285. The topological polar surface area (TPSA) is 69.6 Å². The summed E-state index contributed by atoms with van der Waals surface area (Å²) in [6.45, 7) is 0. The molecule has 0 aliphatic heterocycles. The fraction of sp³-hybridized carbons (Fsp3) is 0.375. The van der Waals surface area contributed by atoms with Crippen molar-refractivity contribution in [2.24, 2.45) is 12.8 Å². The van der Waals surface area contributed by atoms with E-state index in [1.807, 2.05) is 19.4 Å². The standard InChI is InChI=1S/C8H11N5S/c1-13-5-6(3-11-13)2-7(9)8-4-10-12-14-8/h3-5,7H,2,9H2,1H3. The van der Waals surface area contributed by atoms with Gasteiger partial charge in [-0.25, -0.2) is 0 Å². The Balaban J connectivity index is 2.05. The van der Waals surface area contributed by atoms with Crippen molar-refractivity contribution in [2.75, 3.05) is 0 Å². The second kappa shape index (κ2) is 3.85. The Morgan fingerprint density at radius 2 is 2.43 bits per heavy atom. The lowest BCUT2D eigenvalue weighted by atomic mass is 10.1. The summed E-state index contributed by atoms with van der Waals surface area (Å²) in [5, 5.41) is 7.84. The van der Waals surface area contributed by atoms with Crippen molar-refractivity contribution in [1.29, 1.82) is 0 Å². The molecule has 2 rings (SSSR count). The van der Waals surface area contributed by atoms with Crippen LogP contribution < -0.4 is 5.73 Å². The van der Waals surface area contributed by atoms with Crippen LogP contribution in [-0.2, 0) is 13.5 Å². The maximum atomic E-state index is 5.97. The molecule has 1 unspecified atom stereocenters. The van der Waals surface area contributed by atoms with Gasteiger partial charge in [0.2, 0.25) is 0 Å². The van der Waals surface area contributed by atoms with E-state index >= 15 is 0 Å². The molecule has 2 aromatic rings. The van der Waals surface area contributed by atoms with E-state index in [0.29, 0.717) is 0 Å². The van der Waals surface area contributed by atoms with E-state index in [0.717, 1.165) is 16.9 Å². The van der Waals surface area contributed by atoms with Gasteiger partial charge in [0.25, 0.3) is 0 Å². The smallest absolute Gasteiger partial charge is 0.0669 e. The van der Waals surface area contributed by atoms with Gasteiger partial charge in [-0.15, -0.1) is 5.10 Å². The molecule has 0 aromatic carbocycles. The minimum absolute atomic E-state index is 0.0285. The van der Waals surface area contributed by atoms with Gasteiger partial charge in [0.05, 0.1) is 17.3 Å². The molecule has 1 atom stereocenters. The van der Waals surface area contributed by atoms with Crippen molar-refractivity contribution in [2.45, 2.75) is 12.5 Å². The van der Waals surface area contributed by atoms with Crippen LogP contribution >= 0.6 is 11.5 Å². The molecule has 2 heterocycles. The Labute approximate surface area is 85.7 Å². The predicted molar refractivity (Wildman–Crippen MR) is 53.7 cm³/mol. The van der Waals surface area contributed by atoms with Crippen LogP contribution in [0.15, 0.2) is 18.6 Å². The van der Waals surface area contributed by atoms with E-state index in [1.165, 1.54) is 11.5 Å². The summed E-state index contributed by atoms with van der Waals surface area (Å²) in [6.07, 6.45) is 6.28. The summed E-state index contributed by atoms with van der Waals surface area (Å²) >= 11 is 1.34. The zero-order chi connectivity index (χ0) is 9.97. The third-order valence-corrected chi connectivity index (χ3v) is 2.75. The second-order valence-electron chi connectivity index (χ2n) is 3.15. The maximum absolute atomic E-state index is 5.97. The summed E-state index contributed by atoms with van der Waals surface area (Å²) in [5.74, 6) is 0. The summed E-state index contributed by atoms with van der Waals surface area (Å²) in [5.41, 5.74) is 7.11. The normalized spacial score (nSPS) is 13.0. The first-order valence-electron chi connectivity index (χ1n) is 4.26. The zero-order valence-corrected chi connectivity index (χ0v) is 8.61. The van der Waals surface area contributed by atoms with Crippen molar-refractivity contribution in [3.8, 4) is 0 Å². The molecule has 5 nitrogen and oxygen atoms in total. The van der Waals surface area contributed by atoms with Gasteiger partial charge in [0.15, 0.2) is 0 Å². The van der Waals surface area contributed by atoms with Crippen LogP contribution in [0.4, 0.5) is 0 Å². The first-order valence-corrected chi connectivity index (χ1v) is 5.03. The third-order valence-electron chi connectivity index (χ3n) is 1.96. The fourth-order valence-corrected chi connectivity index (χ4v) is 1.77. The van der Waals surface area contributed by atoms with E-state index in [2.05, 4.69) is 14.7 Å². The number of rotatable bonds is 3. The minimum atomic E-state index is -0.0285. The van der Waals surface area contributed by atoms with E-state index in [4.69, 9.17) is 5.73 Å². The molecule has 0 amide bonds. The van der Waals surface area contributed by atoms with Gasteiger partial charge < -0.3 is 5.73 Å². The number of hydrogen-bond acceptors (Lipinski definition) is 5. The fourth-order valence-electron chi connectivity index (χ4n) is 1.27. The molecule has 0 saturated carbocycles. The van der Waals surface area contributed by atoms with Gasteiger partial charge in [0, 0.05) is 19.3 Å². The van der Waals surface area contributed by atoms with Gasteiger partial charge in [-0.1, -0.05) is 4.49 Å². The number of nitrogens with zero attached hydrogens (tertiary/aromatic N) is 4. The second-order valence-corrected chi connectivity index (χ2v) is 3.97. The van der Waals surface area contributed by atoms with Crippen LogP contribution in [0.2, 0.25) is 0 Å². The molecule has 14 heavy (non-hydrogen) atoms. The van der Waals surface area contributed by atoms with Crippen molar-refractivity contribution >= 4 is 11.5 Å². The Bertz CT molecular complexity index is 394. The Hall–Kier alpha value is -1.27. The lowest BCUT2D eigenvalue weighted by Gasteiger charge is -2.05. The third kappa shape index (κ3) is 1.97. The molecule has 6 heteroatoms. The number of nitrogens with two attached hydrogens (primary N) is 1. The molecule has 0 aliphatic carbocycles. The van der Waals surface area contributed by atoms with Crippen LogP contribution in [0.3, 0.4) is 0 Å². The summed E-state index contributed by atoms with van der Waals surface area (Å²) in [7, 11) is 1.89. The molecule has 0 bridgehead atoms. The van der Waals surface area contributed by atoms with Crippen molar-refractivity contribution in [3.63, 3.8) is 0 Å². The first-order chi connectivity index (χ1) is 6.75. The molecular formula is C8H11N5S. The van der Waals surface area contributed by atoms with E-state index in [1.54, 1.807) is 10.9 Å². The molecule has 0 spiro atoms.